The van der Waals surface area contributed by atoms with Crippen molar-refractivity contribution in [1.82, 2.24) is 0 Å². The van der Waals surface area contributed by atoms with Crippen LogP contribution in [0.15, 0.2) is 12.1 Å². The molecule has 0 aromatic heterocycles. The number of halogens is 1. The van der Waals surface area contributed by atoms with Crippen molar-refractivity contribution in [2.24, 2.45) is 0 Å². The number of hydrogen-bond donors (Lipinski definition) is 0. The lowest BCUT2D eigenvalue weighted by molar-refractivity contribution is 0.364. The van der Waals surface area contributed by atoms with Gasteiger partial charge in [-0.1, -0.05) is 5.92 Å². The summed E-state index contributed by atoms with van der Waals surface area (Å²) in [7, 11) is 2.92. The fourth-order valence-electron chi connectivity index (χ4n) is 1.43. The summed E-state index contributed by atoms with van der Waals surface area (Å²) in [4.78, 5) is 0. The van der Waals surface area contributed by atoms with Gasteiger partial charge in [0.15, 0.2) is 11.6 Å². The van der Waals surface area contributed by atoms with Crippen molar-refractivity contribution in [3.05, 3.63) is 23.5 Å². The maximum absolute atomic E-state index is 13.4. The van der Waals surface area contributed by atoms with E-state index >= 15 is 0 Å². The molecule has 0 radical (unpaired) electrons. The van der Waals surface area contributed by atoms with Crippen molar-refractivity contribution in [2.45, 2.75) is 12.8 Å². The molecule has 0 bridgehead atoms. The van der Waals surface area contributed by atoms with Crippen molar-refractivity contribution >= 4 is 0 Å². The number of hydrogen-bond acceptors (Lipinski definition) is 2. The molecule has 1 unspecified atom stereocenters. The minimum absolute atomic E-state index is 0.153. The van der Waals surface area contributed by atoms with Crippen molar-refractivity contribution in [3.8, 4) is 23.8 Å². The number of ether oxygens (including phenoxy) is 2. The van der Waals surface area contributed by atoms with Crippen LogP contribution in [0.4, 0.5) is 4.39 Å². The Kier molecular flexibility index (Phi) is 3.56. The molecule has 0 N–H and O–H groups in total. The summed E-state index contributed by atoms with van der Waals surface area (Å²) < 4.78 is 23.5. The number of benzene rings is 1. The first-order valence-electron chi connectivity index (χ1n) is 4.52. The van der Waals surface area contributed by atoms with E-state index < -0.39 is 5.82 Å². The number of terminal acetylenes is 1. The standard InChI is InChI=1S/C12H13FO2/c1-5-8(2)11-10(14-3)7-6-9(13)12(11)15-4/h1,6-8H,2-4H3. The topological polar surface area (TPSA) is 18.5 Å². The molecule has 0 aliphatic heterocycles. The highest BCUT2D eigenvalue weighted by Crippen LogP contribution is 2.36. The second-order valence-corrected chi connectivity index (χ2v) is 3.08. The predicted octanol–water partition coefficient (Wildman–Crippen LogP) is 2.58. The third-order valence-electron chi connectivity index (χ3n) is 2.22. The van der Waals surface area contributed by atoms with Gasteiger partial charge in [0.2, 0.25) is 0 Å². The van der Waals surface area contributed by atoms with Gasteiger partial charge in [-0.2, -0.15) is 0 Å². The van der Waals surface area contributed by atoms with E-state index in [0.29, 0.717) is 11.3 Å². The Morgan fingerprint density at radius 1 is 1.33 bits per heavy atom. The molecule has 0 aliphatic rings. The highest BCUT2D eigenvalue weighted by Gasteiger charge is 2.18. The first kappa shape index (κ1) is 11.4. The van der Waals surface area contributed by atoms with Gasteiger partial charge >= 0.3 is 0 Å². The average molecular weight is 208 g/mol. The number of methoxy groups -OCH3 is 2. The van der Waals surface area contributed by atoms with Gasteiger partial charge < -0.3 is 9.47 Å². The van der Waals surface area contributed by atoms with E-state index in [4.69, 9.17) is 15.9 Å². The first-order chi connectivity index (χ1) is 7.15. The summed E-state index contributed by atoms with van der Waals surface area (Å²) in [6, 6.07) is 2.84. The minimum atomic E-state index is -0.435. The van der Waals surface area contributed by atoms with Crippen molar-refractivity contribution in [1.29, 1.82) is 0 Å². The fourth-order valence-corrected chi connectivity index (χ4v) is 1.43. The van der Waals surface area contributed by atoms with Crippen LogP contribution in [0.25, 0.3) is 0 Å². The molecule has 15 heavy (non-hydrogen) atoms. The molecule has 1 rings (SSSR count). The van der Waals surface area contributed by atoms with Crippen LogP contribution in [0.5, 0.6) is 11.5 Å². The largest absolute Gasteiger partial charge is 0.496 e. The van der Waals surface area contributed by atoms with Crippen LogP contribution in [0.1, 0.15) is 18.4 Å². The Morgan fingerprint density at radius 2 is 2.00 bits per heavy atom. The summed E-state index contributed by atoms with van der Waals surface area (Å²) in [5.41, 5.74) is 0.572. The molecule has 0 aliphatic carbocycles. The molecular weight excluding hydrogens is 195 g/mol. The molecule has 1 atom stereocenters. The monoisotopic (exact) mass is 208 g/mol. The quantitative estimate of drug-likeness (QED) is 0.711. The lowest BCUT2D eigenvalue weighted by Gasteiger charge is -2.15. The highest BCUT2D eigenvalue weighted by atomic mass is 19.1. The molecule has 0 amide bonds. The van der Waals surface area contributed by atoms with E-state index in [0.717, 1.165) is 0 Å². The van der Waals surface area contributed by atoms with Gasteiger partial charge in [0.25, 0.3) is 0 Å². The van der Waals surface area contributed by atoms with Crippen molar-refractivity contribution < 1.29 is 13.9 Å². The summed E-state index contributed by atoms with van der Waals surface area (Å²) >= 11 is 0. The molecule has 0 fully saturated rings. The van der Waals surface area contributed by atoms with Gasteiger partial charge in [0.1, 0.15) is 5.75 Å². The summed E-state index contributed by atoms with van der Waals surface area (Å²) in [5.74, 6) is 2.53. The van der Waals surface area contributed by atoms with Crippen LogP contribution in [-0.2, 0) is 0 Å². The molecule has 2 nitrogen and oxygen atoms in total. The molecule has 1 aromatic rings. The van der Waals surface area contributed by atoms with Gasteiger partial charge in [0.05, 0.1) is 19.8 Å². The maximum atomic E-state index is 13.4. The smallest absolute Gasteiger partial charge is 0.165 e. The van der Waals surface area contributed by atoms with Crippen LogP contribution in [0.3, 0.4) is 0 Å². The Balaban J connectivity index is 3.41. The van der Waals surface area contributed by atoms with E-state index in [9.17, 15) is 4.39 Å². The lowest BCUT2D eigenvalue weighted by atomic mass is 9.99. The number of rotatable bonds is 3. The zero-order chi connectivity index (χ0) is 11.4. The molecule has 80 valence electrons. The zero-order valence-corrected chi connectivity index (χ0v) is 9.00. The molecule has 1 aromatic carbocycles. The molecule has 0 heterocycles. The van der Waals surface area contributed by atoms with Gasteiger partial charge in [0, 0.05) is 5.92 Å². The van der Waals surface area contributed by atoms with Crippen LogP contribution in [0.2, 0.25) is 0 Å². The Morgan fingerprint density at radius 3 is 2.47 bits per heavy atom. The zero-order valence-electron chi connectivity index (χ0n) is 9.00. The first-order valence-corrected chi connectivity index (χ1v) is 4.52. The van der Waals surface area contributed by atoms with Crippen molar-refractivity contribution in [3.63, 3.8) is 0 Å². The third-order valence-corrected chi connectivity index (χ3v) is 2.22. The van der Waals surface area contributed by atoms with Gasteiger partial charge in [-0.15, -0.1) is 6.42 Å². The van der Waals surface area contributed by atoms with Gasteiger partial charge in [-0.3, -0.25) is 0 Å². The second-order valence-electron chi connectivity index (χ2n) is 3.08. The maximum Gasteiger partial charge on any atom is 0.165 e. The molecule has 0 saturated carbocycles. The third kappa shape index (κ3) is 2.04. The Labute approximate surface area is 89.0 Å². The van der Waals surface area contributed by atoms with Gasteiger partial charge in [-0.05, 0) is 19.1 Å². The summed E-state index contributed by atoms with van der Waals surface area (Å²) in [5, 5.41) is 0. The highest BCUT2D eigenvalue weighted by molar-refractivity contribution is 5.50. The average Bonchev–Trinajstić information content (AvgIpc) is 2.27. The minimum Gasteiger partial charge on any atom is -0.496 e. The second kappa shape index (κ2) is 4.70. The molecular formula is C12H13FO2. The van der Waals surface area contributed by atoms with Crippen LogP contribution < -0.4 is 9.47 Å². The normalized spacial score (nSPS) is 11.7. The van der Waals surface area contributed by atoms with E-state index in [-0.39, 0.29) is 11.7 Å². The van der Waals surface area contributed by atoms with E-state index in [1.54, 1.807) is 13.0 Å². The van der Waals surface area contributed by atoms with E-state index in [1.165, 1.54) is 20.3 Å². The van der Waals surface area contributed by atoms with Crippen molar-refractivity contribution in [2.75, 3.05) is 14.2 Å². The van der Waals surface area contributed by atoms with E-state index in [2.05, 4.69) is 5.92 Å². The molecule has 3 heteroatoms. The summed E-state index contributed by atoms with van der Waals surface area (Å²) in [6.45, 7) is 1.79. The van der Waals surface area contributed by atoms with Crippen LogP contribution in [-0.4, -0.2) is 14.2 Å². The Bertz CT molecular complexity index is 393. The van der Waals surface area contributed by atoms with E-state index in [1.807, 2.05) is 0 Å². The molecule has 0 saturated heterocycles. The lowest BCUT2D eigenvalue weighted by Crippen LogP contribution is -2.01. The van der Waals surface area contributed by atoms with Gasteiger partial charge in [-0.25, -0.2) is 4.39 Å². The predicted molar refractivity (Wildman–Crippen MR) is 56.8 cm³/mol. The van der Waals surface area contributed by atoms with Crippen LogP contribution in [0, 0.1) is 18.2 Å². The SMILES string of the molecule is C#CC(C)c1c(OC)ccc(F)c1OC. The summed E-state index contributed by atoms with van der Waals surface area (Å²) in [6.07, 6.45) is 5.32. The Hall–Kier alpha value is -1.69. The van der Waals surface area contributed by atoms with Crippen LogP contribution >= 0.6 is 0 Å². The molecule has 0 spiro atoms. The fraction of sp³-hybridized carbons (Fsp3) is 0.333.